The van der Waals surface area contributed by atoms with E-state index in [0.29, 0.717) is 5.92 Å². The molecule has 0 aromatic heterocycles. The van der Waals surface area contributed by atoms with Crippen molar-refractivity contribution in [1.82, 2.24) is 4.31 Å². The number of hydrogen-bond donors (Lipinski definition) is 1. The third-order valence-corrected chi connectivity index (χ3v) is 6.04. The molecule has 0 saturated carbocycles. The van der Waals surface area contributed by atoms with Crippen molar-refractivity contribution in [3.05, 3.63) is 28.3 Å². The quantitative estimate of drug-likeness (QED) is 0.375. The molecule has 9 heteroatoms. The number of benzene rings is 1. The summed E-state index contributed by atoms with van der Waals surface area (Å²) in [5.41, 5.74) is 3.56. The molecular formula is C17H28N4O4S. The summed E-state index contributed by atoms with van der Waals surface area (Å²) in [6, 6.07) is 3.73. The summed E-state index contributed by atoms with van der Waals surface area (Å²) >= 11 is 0. The third kappa shape index (κ3) is 5.77. The van der Waals surface area contributed by atoms with E-state index < -0.39 is 14.9 Å². The van der Waals surface area contributed by atoms with Crippen molar-refractivity contribution >= 4 is 27.1 Å². The maximum Gasteiger partial charge on any atom is 0.270 e. The van der Waals surface area contributed by atoms with Crippen LogP contribution in [0.25, 0.3) is 0 Å². The van der Waals surface area contributed by atoms with Crippen molar-refractivity contribution in [2.24, 2.45) is 11.0 Å². The number of nitro groups is 1. The molecule has 0 unspecified atom stereocenters. The van der Waals surface area contributed by atoms with Crippen LogP contribution in [0.1, 0.15) is 47.5 Å². The molecule has 26 heavy (non-hydrogen) atoms. The fourth-order valence-corrected chi connectivity index (χ4v) is 3.96. The first-order valence-electron chi connectivity index (χ1n) is 8.71. The third-order valence-electron chi connectivity index (χ3n) is 3.95. The van der Waals surface area contributed by atoms with Crippen LogP contribution in [0, 0.1) is 16.0 Å². The number of hydrogen-bond acceptors (Lipinski definition) is 6. The lowest BCUT2D eigenvalue weighted by molar-refractivity contribution is -0.385. The monoisotopic (exact) mass is 384 g/mol. The lowest BCUT2D eigenvalue weighted by Gasteiger charge is -2.20. The number of hydrazone groups is 1. The van der Waals surface area contributed by atoms with E-state index in [-0.39, 0.29) is 29.4 Å². The minimum atomic E-state index is -3.86. The maximum atomic E-state index is 12.9. The molecular weight excluding hydrogens is 356 g/mol. The van der Waals surface area contributed by atoms with Crippen LogP contribution in [-0.2, 0) is 10.0 Å². The first-order chi connectivity index (χ1) is 12.1. The molecule has 0 heterocycles. The summed E-state index contributed by atoms with van der Waals surface area (Å²) in [6.07, 6.45) is 1.76. The molecule has 0 radical (unpaired) electrons. The molecule has 1 N–H and O–H groups in total. The second-order valence-corrected chi connectivity index (χ2v) is 8.32. The molecule has 8 nitrogen and oxygen atoms in total. The van der Waals surface area contributed by atoms with Gasteiger partial charge in [0.05, 0.1) is 10.6 Å². The molecule has 0 atom stereocenters. The van der Waals surface area contributed by atoms with Gasteiger partial charge in [-0.3, -0.25) is 15.5 Å². The largest absolute Gasteiger partial charge is 0.277 e. The number of nitrogens with one attached hydrogen (secondary N) is 1. The van der Waals surface area contributed by atoms with Gasteiger partial charge in [-0.1, -0.05) is 27.7 Å². The summed E-state index contributed by atoms with van der Waals surface area (Å²) in [5, 5.41) is 15.3. The second-order valence-electron chi connectivity index (χ2n) is 6.42. The first kappa shape index (κ1) is 22.0. The highest BCUT2D eigenvalue weighted by Gasteiger charge is 2.27. The van der Waals surface area contributed by atoms with Gasteiger partial charge in [-0.05, 0) is 31.7 Å². The van der Waals surface area contributed by atoms with Gasteiger partial charge in [0.1, 0.15) is 4.90 Å². The Labute approximate surface area is 155 Å². The Kier molecular flexibility index (Phi) is 8.16. The molecule has 0 amide bonds. The van der Waals surface area contributed by atoms with Gasteiger partial charge >= 0.3 is 0 Å². The normalized spacial score (nSPS) is 12.7. The number of anilines is 1. The molecule has 0 saturated heterocycles. The Balaban J connectivity index is 3.27. The van der Waals surface area contributed by atoms with E-state index in [1.54, 1.807) is 13.8 Å². The molecule has 0 aliphatic heterocycles. The fourth-order valence-electron chi connectivity index (χ4n) is 2.34. The van der Waals surface area contributed by atoms with E-state index in [4.69, 9.17) is 0 Å². The number of rotatable bonds is 10. The zero-order valence-corrected chi connectivity index (χ0v) is 16.8. The van der Waals surface area contributed by atoms with Crippen molar-refractivity contribution in [3.63, 3.8) is 0 Å². The van der Waals surface area contributed by atoms with E-state index in [0.717, 1.165) is 24.6 Å². The van der Waals surface area contributed by atoms with E-state index in [1.165, 1.54) is 16.4 Å². The van der Waals surface area contributed by atoms with Gasteiger partial charge in [0.25, 0.3) is 5.69 Å². The van der Waals surface area contributed by atoms with Gasteiger partial charge in [-0.25, -0.2) is 8.42 Å². The molecule has 0 spiro atoms. The average molecular weight is 385 g/mol. The van der Waals surface area contributed by atoms with Crippen LogP contribution in [0.3, 0.4) is 0 Å². The Morgan fingerprint density at radius 3 is 2.42 bits per heavy atom. The van der Waals surface area contributed by atoms with Crippen LogP contribution in [-0.4, -0.2) is 36.4 Å². The summed E-state index contributed by atoms with van der Waals surface area (Å²) in [7, 11) is -3.86. The first-order valence-corrected chi connectivity index (χ1v) is 10.1. The van der Waals surface area contributed by atoms with Gasteiger partial charge < -0.3 is 0 Å². The highest BCUT2D eigenvalue weighted by atomic mass is 32.2. The predicted octanol–water partition coefficient (Wildman–Crippen LogP) is 3.85. The summed E-state index contributed by atoms with van der Waals surface area (Å²) < 4.78 is 27.0. The SMILES string of the molecule is CCN(CC)S(=O)(=O)c1cc([N+](=O)[O-])ccc1N/N=C(/C)CCC(C)C. The molecule has 0 aliphatic carbocycles. The number of nitro benzene ring substituents is 1. The van der Waals surface area contributed by atoms with E-state index >= 15 is 0 Å². The van der Waals surface area contributed by atoms with E-state index in [1.807, 2.05) is 6.92 Å². The summed E-state index contributed by atoms with van der Waals surface area (Å²) in [5.74, 6) is 0.540. The molecule has 1 rings (SSSR count). The van der Waals surface area contributed by atoms with Gasteiger partial charge in [0.2, 0.25) is 10.0 Å². The Morgan fingerprint density at radius 2 is 1.92 bits per heavy atom. The van der Waals surface area contributed by atoms with Crippen molar-refractivity contribution < 1.29 is 13.3 Å². The smallest absolute Gasteiger partial charge is 0.270 e. The van der Waals surface area contributed by atoms with Crippen LogP contribution >= 0.6 is 0 Å². The highest BCUT2D eigenvalue weighted by molar-refractivity contribution is 7.89. The summed E-state index contributed by atoms with van der Waals surface area (Å²) in [6.45, 7) is 10.1. The minimum absolute atomic E-state index is 0.143. The summed E-state index contributed by atoms with van der Waals surface area (Å²) in [4.78, 5) is 10.3. The molecule has 0 bridgehead atoms. The van der Waals surface area contributed by atoms with Crippen molar-refractivity contribution in [3.8, 4) is 0 Å². The van der Waals surface area contributed by atoms with Crippen LogP contribution in [0.15, 0.2) is 28.2 Å². The van der Waals surface area contributed by atoms with Crippen LogP contribution in [0.5, 0.6) is 0 Å². The van der Waals surface area contributed by atoms with Gasteiger partial charge in [-0.15, -0.1) is 0 Å². The molecule has 1 aromatic carbocycles. The topological polar surface area (TPSA) is 105 Å². The number of nitrogens with zero attached hydrogens (tertiary/aromatic N) is 3. The Hall–Kier alpha value is -2.00. The molecule has 146 valence electrons. The average Bonchev–Trinajstić information content (AvgIpc) is 2.58. The van der Waals surface area contributed by atoms with E-state index in [9.17, 15) is 18.5 Å². The van der Waals surface area contributed by atoms with Crippen LogP contribution in [0.2, 0.25) is 0 Å². The van der Waals surface area contributed by atoms with Crippen molar-refractivity contribution in [2.45, 2.75) is 52.4 Å². The zero-order chi connectivity index (χ0) is 19.9. The van der Waals surface area contributed by atoms with Crippen LogP contribution < -0.4 is 5.43 Å². The molecule has 1 aromatic rings. The second kappa shape index (κ2) is 9.63. The Bertz CT molecular complexity index is 756. The molecule has 0 fully saturated rings. The Morgan fingerprint density at radius 1 is 1.31 bits per heavy atom. The van der Waals surface area contributed by atoms with Gasteiger partial charge in [0, 0.05) is 30.9 Å². The van der Waals surface area contributed by atoms with E-state index in [2.05, 4.69) is 24.4 Å². The lowest BCUT2D eigenvalue weighted by Crippen LogP contribution is -2.31. The molecule has 0 aliphatic rings. The maximum absolute atomic E-state index is 12.9. The standard InChI is InChI=1S/C17H28N4O4S/c1-6-20(7-2)26(24,25)17-12-15(21(22)23)10-11-16(17)19-18-14(5)9-8-13(3)4/h10-13,19H,6-9H2,1-5H3/b18-14-. The number of non-ortho nitro benzene ring substituents is 1. The zero-order valence-electron chi connectivity index (χ0n) is 16.0. The van der Waals surface area contributed by atoms with Crippen molar-refractivity contribution in [2.75, 3.05) is 18.5 Å². The highest BCUT2D eigenvalue weighted by Crippen LogP contribution is 2.29. The minimum Gasteiger partial charge on any atom is -0.277 e. The van der Waals surface area contributed by atoms with Gasteiger partial charge in [0.15, 0.2) is 0 Å². The lowest BCUT2D eigenvalue weighted by atomic mass is 10.1. The fraction of sp³-hybridized carbons (Fsp3) is 0.588. The van der Waals surface area contributed by atoms with Crippen molar-refractivity contribution in [1.29, 1.82) is 0 Å². The predicted molar refractivity (Wildman–Crippen MR) is 104 cm³/mol. The van der Waals surface area contributed by atoms with Gasteiger partial charge in [-0.2, -0.15) is 9.41 Å². The van der Waals surface area contributed by atoms with Crippen LogP contribution in [0.4, 0.5) is 11.4 Å². The number of sulfonamides is 1.